The summed E-state index contributed by atoms with van der Waals surface area (Å²) in [5, 5.41) is 3.37. The molecule has 0 aliphatic rings. The summed E-state index contributed by atoms with van der Waals surface area (Å²) >= 11 is 0. The first-order valence-electron chi connectivity index (χ1n) is 6.47. The zero-order valence-corrected chi connectivity index (χ0v) is 11.6. The highest BCUT2D eigenvalue weighted by Crippen LogP contribution is 2.31. The number of ether oxygens (including phenoxy) is 1. The largest absolute Gasteiger partial charge is 0.490 e. The SMILES string of the molecule is CCC(Nc1ncnc(NN)c1OC)c1ccccc1. The van der Waals surface area contributed by atoms with Crippen molar-refractivity contribution in [1.82, 2.24) is 9.97 Å². The lowest BCUT2D eigenvalue weighted by molar-refractivity contribution is 0.414. The van der Waals surface area contributed by atoms with Crippen LogP contribution < -0.4 is 21.3 Å². The molecule has 0 aliphatic heterocycles. The van der Waals surface area contributed by atoms with Crippen LogP contribution in [0, 0.1) is 0 Å². The fourth-order valence-electron chi connectivity index (χ4n) is 2.04. The molecule has 2 aromatic rings. The summed E-state index contributed by atoms with van der Waals surface area (Å²) in [7, 11) is 1.56. The molecule has 106 valence electrons. The number of hydrazine groups is 1. The van der Waals surface area contributed by atoms with E-state index < -0.39 is 0 Å². The molecular formula is C14H19N5O. The van der Waals surface area contributed by atoms with E-state index in [2.05, 4.69) is 39.8 Å². The Labute approximate surface area is 118 Å². The van der Waals surface area contributed by atoms with Crippen LogP contribution in [-0.2, 0) is 0 Å². The first-order valence-corrected chi connectivity index (χ1v) is 6.47. The maximum atomic E-state index is 5.42. The molecule has 4 N–H and O–H groups in total. The molecule has 0 radical (unpaired) electrons. The van der Waals surface area contributed by atoms with E-state index in [1.807, 2.05) is 18.2 Å². The second kappa shape index (κ2) is 6.72. The highest BCUT2D eigenvalue weighted by molar-refractivity contribution is 5.63. The highest BCUT2D eigenvalue weighted by atomic mass is 16.5. The number of rotatable bonds is 6. The molecule has 0 saturated heterocycles. The van der Waals surface area contributed by atoms with Gasteiger partial charge in [-0.15, -0.1) is 0 Å². The standard InChI is InChI=1S/C14H19N5O/c1-3-11(10-7-5-4-6-8-10)18-13-12(20-2)14(19-15)17-9-16-13/h4-9,11H,3,15H2,1-2H3,(H2,16,17,18,19). The monoisotopic (exact) mass is 273 g/mol. The van der Waals surface area contributed by atoms with Gasteiger partial charge in [-0.3, -0.25) is 0 Å². The Morgan fingerprint density at radius 2 is 1.90 bits per heavy atom. The Balaban J connectivity index is 2.28. The van der Waals surface area contributed by atoms with Crippen LogP contribution in [0.3, 0.4) is 0 Å². The van der Waals surface area contributed by atoms with Gasteiger partial charge >= 0.3 is 0 Å². The second-order valence-electron chi connectivity index (χ2n) is 4.26. The third kappa shape index (κ3) is 2.97. The molecule has 0 bridgehead atoms. The van der Waals surface area contributed by atoms with E-state index in [1.54, 1.807) is 7.11 Å². The molecule has 0 fully saturated rings. The minimum Gasteiger partial charge on any atom is -0.490 e. The number of aromatic nitrogens is 2. The van der Waals surface area contributed by atoms with Gasteiger partial charge < -0.3 is 15.5 Å². The van der Waals surface area contributed by atoms with Crippen LogP contribution in [0.4, 0.5) is 11.6 Å². The Hall–Kier alpha value is -2.34. The van der Waals surface area contributed by atoms with E-state index >= 15 is 0 Å². The summed E-state index contributed by atoms with van der Waals surface area (Å²) in [6.07, 6.45) is 2.36. The van der Waals surface area contributed by atoms with Gasteiger partial charge in [0.25, 0.3) is 0 Å². The van der Waals surface area contributed by atoms with Crippen LogP contribution in [0.2, 0.25) is 0 Å². The predicted molar refractivity (Wildman–Crippen MR) is 79.5 cm³/mol. The van der Waals surface area contributed by atoms with Crippen molar-refractivity contribution in [3.63, 3.8) is 0 Å². The number of anilines is 2. The van der Waals surface area contributed by atoms with E-state index in [0.29, 0.717) is 17.4 Å². The van der Waals surface area contributed by atoms with E-state index in [0.717, 1.165) is 6.42 Å². The lowest BCUT2D eigenvalue weighted by atomic mass is 10.0. The topological polar surface area (TPSA) is 85.1 Å². The molecule has 6 heteroatoms. The Kier molecular flexibility index (Phi) is 4.73. The van der Waals surface area contributed by atoms with Gasteiger partial charge in [0.05, 0.1) is 13.2 Å². The van der Waals surface area contributed by atoms with Crippen LogP contribution in [0.25, 0.3) is 0 Å². The molecule has 0 aliphatic carbocycles. The van der Waals surface area contributed by atoms with Crippen molar-refractivity contribution in [1.29, 1.82) is 0 Å². The van der Waals surface area contributed by atoms with Gasteiger partial charge in [-0.05, 0) is 12.0 Å². The van der Waals surface area contributed by atoms with Gasteiger partial charge in [-0.25, -0.2) is 15.8 Å². The van der Waals surface area contributed by atoms with Gasteiger partial charge in [0.2, 0.25) is 5.75 Å². The average Bonchev–Trinajstić information content (AvgIpc) is 2.52. The van der Waals surface area contributed by atoms with Crippen molar-refractivity contribution in [3.05, 3.63) is 42.2 Å². The summed E-state index contributed by atoms with van der Waals surface area (Å²) in [6, 6.07) is 10.3. The molecule has 20 heavy (non-hydrogen) atoms. The Bertz CT molecular complexity index is 547. The van der Waals surface area contributed by atoms with Crippen molar-refractivity contribution in [2.75, 3.05) is 17.9 Å². The Morgan fingerprint density at radius 1 is 1.20 bits per heavy atom. The molecule has 0 saturated carbocycles. The molecule has 1 unspecified atom stereocenters. The smallest absolute Gasteiger partial charge is 0.205 e. The first-order chi connectivity index (χ1) is 9.80. The van der Waals surface area contributed by atoms with Gasteiger partial charge in [-0.1, -0.05) is 37.3 Å². The summed E-state index contributed by atoms with van der Waals surface area (Å²) in [5.41, 5.74) is 3.69. The molecule has 6 nitrogen and oxygen atoms in total. The van der Waals surface area contributed by atoms with E-state index in [4.69, 9.17) is 10.6 Å². The molecule has 1 atom stereocenters. The fraction of sp³-hybridized carbons (Fsp3) is 0.286. The van der Waals surface area contributed by atoms with E-state index in [9.17, 15) is 0 Å². The molecular weight excluding hydrogens is 254 g/mol. The molecule has 1 aromatic heterocycles. The van der Waals surface area contributed by atoms with E-state index in [1.165, 1.54) is 11.9 Å². The zero-order valence-electron chi connectivity index (χ0n) is 11.6. The number of nitrogens with two attached hydrogens (primary N) is 1. The minimum absolute atomic E-state index is 0.144. The normalized spacial score (nSPS) is 11.8. The molecule has 0 amide bonds. The molecule has 1 aromatic carbocycles. The lowest BCUT2D eigenvalue weighted by Gasteiger charge is -2.20. The maximum absolute atomic E-state index is 5.42. The van der Waals surface area contributed by atoms with Crippen molar-refractivity contribution >= 4 is 11.6 Å². The van der Waals surface area contributed by atoms with E-state index in [-0.39, 0.29) is 6.04 Å². The Morgan fingerprint density at radius 3 is 2.50 bits per heavy atom. The van der Waals surface area contributed by atoms with Gasteiger partial charge in [0, 0.05) is 0 Å². The fourth-order valence-corrected chi connectivity index (χ4v) is 2.04. The number of nitrogens with zero attached hydrogens (tertiary/aromatic N) is 2. The van der Waals surface area contributed by atoms with Crippen LogP contribution >= 0.6 is 0 Å². The molecule has 1 heterocycles. The number of nitrogen functional groups attached to an aromatic ring is 1. The maximum Gasteiger partial charge on any atom is 0.205 e. The third-order valence-electron chi connectivity index (χ3n) is 3.07. The summed E-state index contributed by atoms with van der Waals surface area (Å²) < 4.78 is 5.32. The van der Waals surface area contributed by atoms with Crippen LogP contribution in [0.1, 0.15) is 24.9 Å². The molecule has 2 rings (SSSR count). The summed E-state index contributed by atoms with van der Waals surface area (Å²) in [5.74, 6) is 6.99. The van der Waals surface area contributed by atoms with Gasteiger partial charge in [-0.2, -0.15) is 0 Å². The quantitative estimate of drug-likeness (QED) is 0.553. The average molecular weight is 273 g/mol. The van der Waals surface area contributed by atoms with Crippen molar-refractivity contribution in [2.24, 2.45) is 5.84 Å². The zero-order chi connectivity index (χ0) is 14.4. The number of hydrogen-bond acceptors (Lipinski definition) is 6. The molecule has 0 spiro atoms. The number of methoxy groups -OCH3 is 1. The van der Waals surface area contributed by atoms with Gasteiger partial charge in [0.1, 0.15) is 6.33 Å². The van der Waals surface area contributed by atoms with Crippen LogP contribution in [0.5, 0.6) is 5.75 Å². The third-order valence-corrected chi connectivity index (χ3v) is 3.07. The van der Waals surface area contributed by atoms with Crippen molar-refractivity contribution in [3.8, 4) is 5.75 Å². The lowest BCUT2D eigenvalue weighted by Crippen LogP contribution is -2.15. The number of nitrogens with one attached hydrogen (secondary N) is 2. The first kappa shape index (κ1) is 14.1. The minimum atomic E-state index is 0.144. The van der Waals surface area contributed by atoms with Crippen LogP contribution in [0.15, 0.2) is 36.7 Å². The number of benzene rings is 1. The summed E-state index contributed by atoms with van der Waals surface area (Å²) in [6.45, 7) is 2.11. The van der Waals surface area contributed by atoms with Crippen molar-refractivity contribution < 1.29 is 4.74 Å². The predicted octanol–water partition coefficient (Wildman–Crippen LogP) is 2.33. The highest BCUT2D eigenvalue weighted by Gasteiger charge is 2.15. The summed E-state index contributed by atoms with van der Waals surface area (Å²) in [4.78, 5) is 8.25. The van der Waals surface area contributed by atoms with Crippen LogP contribution in [-0.4, -0.2) is 17.1 Å². The second-order valence-corrected chi connectivity index (χ2v) is 4.26. The van der Waals surface area contributed by atoms with Gasteiger partial charge in [0.15, 0.2) is 11.6 Å². The number of hydrogen-bond donors (Lipinski definition) is 3. The van der Waals surface area contributed by atoms with Crippen molar-refractivity contribution in [2.45, 2.75) is 19.4 Å².